The second-order valence-electron chi connectivity index (χ2n) is 11.2. The molecule has 0 saturated carbocycles. The normalized spacial score (nSPS) is 13.3. The van der Waals surface area contributed by atoms with E-state index < -0.39 is 47.9 Å². The Kier molecular flexibility index (Phi) is 13.6. The molecule has 4 unspecified atom stereocenters. The number of phenols is 3. The van der Waals surface area contributed by atoms with Crippen molar-refractivity contribution in [3.8, 4) is 17.2 Å². The van der Waals surface area contributed by atoms with Gasteiger partial charge in [-0.15, -0.1) is 0 Å². The minimum atomic E-state index is -1.38. The molecular weight excluding hydrogens is 622 g/mol. The number of hydrogen-bond acceptors (Lipinski definition) is 9. The Labute approximate surface area is 276 Å². The average Bonchev–Trinajstić information content (AvgIpc) is 3.04. The van der Waals surface area contributed by atoms with E-state index in [1.807, 2.05) is 0 Å². The lowest BCUT2D eigenvalue weighted by atomic mass is 10.0. The van der Waals surface area contributed by atoms with Crippen LogP contribution >= 0.6 is 0 Å². The number of guanidine groups is 1. The summed E-state index contributed by atoms with van der Waals surface area (Å²) in [6.07, 6.45) is 0.366. The summed E-state index contributed by atoms with van der Waals surface area (Å²) in [5, 5.41) is 46.6. The first kappa shape index (κ1) is 36.6. The monoisotopic (exact) mass is 663 g/mol. The van der Waals surface area contributed by atoms with E-state index in [0.29, 0.717) is 23.1 Å². The average molecular weight is 664 g/mol. The number of benzene rings is 3. The van der Waals surface area contributed by atoms with E-state index in [0.717, 1.165) is 0 Å². The van der Waals surface area contributed by atoms with Crippen LogP contribution in [-0.4, -0.2) is 80.8 Å². The molecule has 256 valence electrons. The fourth-order valence-electron chi connectivity index (χ4n) is 4.70. The zero-order chi connectivity index (χ0) is 35.2. The zero-order valence-electron chi connectivity index (χ0n) is 26.1. The molecule has 0 spiro atoms. The van der Waals surface area contributed by atoms with Crippen LogP contribution in [0, 0.1) is 0 Å². The fraction of sp³-hybridized carbons (Fsp3) is 0.303. The molecule has 15 nitrogen and oxygen atoms in total. The van der Waals surface area contributed by atoms with E-state index in [1.54, 1.807) is 24.3 Å². The van der Waals surface area contributed by atoms with Gasteiger partial charge in [-0.25, -0.2) is 4.79 Å². The van der Waals surface area contributed by atoms with E-state index >= 15 is 0 Å². The van der Waals surface area contributed by atoms with E-state index in [2.05, 4.69) is 20.9 Å². The van der Waals surface area contributed by atoms with Crippen molar-refractivity contribution >= 4 is 29.7 Å². The number of carboxylic acid groups (broad SMARTS) is 1. The van der Waals surface area contributed by atoms with Crippen molar-refractivity contribution in [3.63, 3.8) is 0 Å². The van der Waals surface area contributed by atoms with Crippen molar-refractivity contribution < 1.29 is 39.6 Å². The molecule has 3 aromatic carbocycles. The minimum Gasteiger partial charge on any atom is -0.508 e. The number of nitrogens with zero attached hydrogens (tertiary/aromatic N) is 1. The molecule has 15 heteroatoms. The first-order valence-electron chi connectivity index (χ1n) is 15.1. The number of carbonyl (C=O) groups is 4. The molecule has 3 amide bonds. The Bertz CT molecular complexity index is 1560. The first-order valence-corrected chi connectivity index (χ1v) is 15.1. The summed E-state index contributed by atoms with van der Waals surface area (Å²) in [6, 6.07) is 12.8. The summed E-state index contributed by atoms with van der Waals surface area (Å²) in [6.45, 7) is 0.249. The summed E-state index contributed by atoms with van der Waals surface area (Å²) >= 11 is 0. The summed E-state index contributed by atoms with van der Waals surface area (Å²) < 4.78 is 0. The molecule has 0 radical (unpaired) electrons. The molecule has 13 N–H and O–H groups in total. The Morgan fingerprint density at radius 1 is 0.604 bits per heavy atom. The number of aliphatic carboxylic acids is 1. The van der Waals surface area contributed by atoms with Gasteiger partial charge in [-0.05, 0) is 65.9 Å². The highest BCUT2D eigenvalue weighted by Crippen LogP contribution is 2.15. The third-order valence-corrected chi connectivity index (χ3v) is 7.31. The number of aliphatic imine (C=N–C) groups is 1. The van der Waals surface area contributed by atoms with Crippen LogP contribution in [0.3, 0.4) is 0 Å². The number of nitrogens with two attached hydrogens (primary N) is 3. The van der Waals surface area contributed by atoms with Gasteiger partial charge in [-0.2, -0.15) is 0 Å². The molecule has 0 aliphatic heterocycles. The Morgan fingerprint density at radius 3 is 1.33 bits per heavy atom. The highest BCUT2D eigenvalue weighted by Gasteiger charge is 2.31. The van der Waals surface area contributed by atoms with Crippen LogP contribution in [-0.2, 0) is 38.4 Å². The van der Waals surface area contributed by atoms with E-state index in [4.69, 9.17) is 17.2 Å². The number of phenolic OH excluding ortho intramolecular Hbond substituents is 3. The number of aromatic hydroxyl groups is 3. The lowest BCUT2D eigenvalue weighted by Crippen LogP contribution is -2.58. The molecule has 0 saturated heterocycles. The number of amides is 3. The second-order valence-corrected chi connectivity index (χ2v) is 11.2. The van der Waals surface area contributed by atoms with E-state index in [1.165, 1.54) is 48.5 Å². The molecule has 0 bridgehead atoms. The molecule has 3 aromatic rings. The van der Waals surface area contributed by atoms with Crippen LogP contribution in [0.1, 0.15) is 29.5 Å². The van der Waals surface area contributed by atoms with E-state index in [9.17, 15) is 39.6 Å². The van der Waals surface area contributed by atoms with Gasteiger partial charge >= 0.3 is 5.97 Å². The molecule has 0 fully saturated rings. The lowest BCUT2D eigenvalue weighted by Gasteiger charge is -2.25. The van der Waals surface area contributed by atoms with Crippen LogP contribution in [0.4, 0.5) is 0 Å². The molecule has 0 aliphatic carbocycles. The van der Waals surface area contributed by atoms with Crippen molar-refractivity contribution in [2.24, 2.45) is 22.2 Å². The van der Waals surface area contributed by atoms with Gasteiger partial charge in [0.2, 0.25) is 17.7 Å². The van der Waals surface area contributed by atoms with Crippen LogP contribution in [0.2, 0.25) is 0 Å². The molecular formula is C33H41N7O8. The van der Waals surface area contributed by atoms with Crippen molar-refractivity contribution in [3.05, 3.63) is 89.5 Å². The van der Waals surface area contributed by atoms with Crippen molar-refractivity contribution in [1.82, 2.24) is 16.0 Å². The number of carboxylic acids is 1. The minimum absolute atomic E-state index is 0.00231. The highest BCUT2D eigenvalue weighted by molar-refractivity contribution is 5.94. The predicted octanol–water partition coefficient (Wildman–Crippen LogP) is -0.249. The number of rotatable bonds is 17. The maximum absolute atomic E-state index is 13.8. The van der Waals surface area contributed by atoms with Gasteiger partial charge in [-0.3, -0.25) is 19.4 Å². The third kappa shape index (κ3) is 12.2. The molecule has 3 rings (SSSR count). The summed E-state index contributed by atoms with van der Waals surface area (Å²) in [7, 11) is 0. The van der Waals surface area contributed by atoms with Gasteiger partial charge in [0.25, 0.3) is 0 Å². The SMILES string of the molecule is NC(N)=NCCCC(N)C(=O)NC(Cc1ccc(O)cc1)C(=O)NC(Cc1ccc(O)cc1)C(=O)NC(Cc1ccc(O)cc1)C(=O)O. The number of hydrogen-bond donors (Lipinski definition) is 10. The molecule has 0 aliphatic rings. The van der Waals surface area contributed by atoms with Crippen molar-refractivity contribution in [1.29, 1.82) is 0 Å². The molecule has 4 atom stereocenters. The standard InChI is InChI=1S/C33H41N7O8/c34-25(2-1-15-37-33(35)36)29(44)38-26(16-19-3-9-22(41)10-4-19)30(45)39-27(17-20-5-11-23(42)12-6-20)31(46)40-28(32(47)48)18-21-7-13-24(43)14-8-21/h3-14,25-28,41-43H,1-2,15-18,34H2,(H,38,44)(H,39,45)(H,40,46)(H,47,48)(H4,35,36,37). The topological polar surface area (TPSA) is 276 Å². The lowest BCUT2D eigenvalue weighted by molar-refractivity contribution is -0.142. The first-order chi connectivity index (χ1) is 22.8. The Balaban J connectivity index is 1.84. The highest BCUT2D eigenvalue weighted by atomic mass is 16.4. The van der Waals surface area contributed by atoms with Crippen LogP contribution in [0.15, 0.2) is 77.8 Å². The number of carbonyl (C=O) groups excluding carboxylic acids is 3. The quantitative estimate of drug-likeness (QED) is 0.0511. The van der Waals surface area contributed by atoms with Crippen LogP contribution < -0.4 is 33.2 Å². The second kappa shape index (κ2) is 17.8. The van der Waals surface area contributed by atoms with E-state index in [-0.39, 0.29) is 55.4 Å². The van der Waals surface area contributed by atoms with Gasteiger partial charge in [-0.1, -0.05) is 36.4 Å². The Morgan fingerprint density at radius 2 is 0.958 bits per heavy atom. The maximum Gasteiger partial charge on any atom is 0.326 e. The van der Waals surface area contributed by atoms with Gasteiger partial charge in [0.15, 0.2) is 5.96 Å². The molecule has 0 aromatic heterocycles. The fourth-order valence-corrected chi connectivity index (χ4v) is 4.70. The van der Waals surface area contributed by atoms with Gasteiger partial charge in [0, 0.05) is 25.8 Å². The summed E-state index contributed by atoms with van der Waals surface area (Å²) in [5.41, 5.74) is 18.4. The summed E-state index contributed by atoms with van der Waals surface area (Å²) in [5.74, 6) is -3.66. The number of nitrogens with one attached hydrogen (secondary N) is 3. The molecule has 48 heavy (non-hydrogen) atoms. The van der Waals surface area contributed by atoms with Gasteiger partial charge < -0.3 is 53.6 Å². The van der Waals surface area contributed by atoms with Crippen LogP contribution in [0.5, 0.6) is 17.2 Å². The maximum atomic E-state index is 13.8. The van der Waals surface area contributed by atoms with Crippen LogP contribution in [0.25, 0.3) is 0 Å². The van der Waals surface area contributed by atoms with Gasteiger partial charge in [0.05, 0.1) is 6.04 Å². The summed E-state index contributed by atoms with van der Waals surface area (Å²) in [4.78, 5) is 56.4. The predicted molar refractivity (Wildman–Crippen MR) is 177 cm³/mol. The largest absolute Gasteiger partial charge is 0.508 e. The van der Waals surface area contributed by atoms with Crippen molar-refractivity contribution in [2.45, 2.75) is 56.3 Å². The smallest absolute Gasteiger partial charge is 0.326 e. The van der Waals surface area contributed by atoms with Gasteiger partial charge in [0.1, 0.15) is 35.4 Å². The zero-order valence-corrected chi connectivity index (χ0v) is 26.1. The molecule has 0 heterocycles. The third-order valence-electron chi connectivity index (χ3n) is 7.31. The van der Waals surface area contributed by atoms with Crippen molar-refractivity contribution in [2.75, 3.05) is 6.54 Å². The Hall–Kier alpha value is -5.83.